The van der Waals surface area contributed by atoms with Gasteiger partial charge in [0.15, 0.2) is 0 Å². The molecular weight excluding hydrogens is 222 g/mol. The molecule has 0 saturated heterocycles. The number of likely N-dealkylation sites (N-methyl/N-ethyl adjacent to an activating group) is 1. The third kappa shape index (κ3) is 3.04. The van der Waals surface area contributed by atoms with Crippen LogP contribution in [0.25, 0.3) is 0 Å². The van der Waals surface area contributed by atoms with Gasteiger partial charge in [0.1, 0.15) is 5.75 Å². The number of hydrogen-bond donors (Lipinski definition) is 1. The van der Waals surface area contributed by atoms with E-state index in [1.54, 1.807) is 6.07 Å². The van der Waals surface area contributed by atoms with Crippen molar-refractivity contribution in [1.82, 2.24) is 0 Å². The Hall–Kier alpha value is -1.96. The van der Waals surface area contributed by atoms with Crippen molar-refractivity contribution in [3.8, 4) is 5.75 Å². The molecule has 0 amide bonds. The number of benzene rings is 2. The average molecular weight is 241 g/mol. The summed E-state index contributed by atoms with van der Waals surface area (Å²) in [7, 11) is 0. The smallest absolute Gasteiger partial charge is 0.138 e. The van der Waals surface area contributed by atoms with E-state index in [4.69, 9.17) is 0 Å². The molecule has 0 aliphatic rings. The molecule has 0 aromatic heterocycles. The second kappa shape index (κ2) is 6.10. The zero-order chi connectivity index (χ0) is 12.8. The number of hydrogen-bond acceptors (Lipinski definition) is 2. The van der Waals surface area contributed by atoms with Crippen LogP contribution in [0.5, 0.6) is 5.75 Å². The monoisotopic (exact) mass is 241 g/mol. The third-order valence-corrected chi connectivity index (χ3v) is 3.12. The van der Waals surface area contributed by atoms with E-state index in [1.165, 1.54) is 5.56 Å². The van der Waals surface area contributed by atoms with E-state index in [0.717, 1.165) is 25.2 Å². The molecule has 1 N–H and O–H groups in total. The second-order valence-corrected chi connectivity index (χ2v) is 4.30. The van der Waals surface area contributed by atoms with Gasteiger partial charge in [-0.3, -0.25) is 0 Å². The molecule has 18 heavy (non-hydrogen) atoms. The number of para-hydroxylation sites is 2. The second-order valence-electron chi connectivity index (χ2n) is 4.30. The largest absolute Gasteiger partial charge is 0.506 e. The van der Waals surface area contributed by atoms with Crippen molar-refractivity contribution < 1.29 is 5.11 Å². The van der Waals surface area contributed by atoms with Gasteiger partial charge in [0.25, 0.3) is 0 Å². The minimum absolute atomic E-state index is 0.354. The van der Waals surface area contributed by atoms with E-state index in [0.29, 0.717) is 5.75 Å². The molecule has 0 atom stereocenters. The molecule has 0 aliphatic carbocycles. The molecule has 94 valence electrons. The zero-order valence-electron chi connectivity index (χ0n) is 10.7. The standard InChI is InChI=1S/C16H19NO/c1-2-17(15-10-6-7-11-16(15)18)13-12-14-8-4-3-5-9-14/h3-11,18H,2,12-13H2,1H3. The van der Waals surface area contributed by atoms with Crippen LogP contribution in [0.3, 0.4) is 0 Å². The van der Waals surface area contributed by atoms with E-state index in [9.17, 15) is 5.11 Å². The van der Waals surface area contributed by atoms with Gasteiger partial charge < -0.3 is 10.0 Å². The lowest BCUT2D eigenvalue weighted by Crippen LogP contribution is -2.25. The topological polar surface area (TPSA) is 23.5 Å². The first-order valence-electron chi connectivity index (χ1n) is 6.38. The van der Waals surface area contributed by atoms with Crippen LogP contribution >= 0.6 is 0 Å². The first kappa shape index (κ1) is 12.5. The van der Waals surface area contributed by atoms with Crippen LogP contribution in [0.15, 0.2) is 54.6 Å². The van der Waals surface area contributed by atoms with Gasteiger partial charge >= 0.3 is 0 Å². The van der Waals surface area contributed by atoms with E-state index >= 15 is 0 Å². The summed E-state index contributed by atoms with van der Waals surface area (Å²) < 4.78 is 0. The molecule has 0 saturated carbocycles. The molecular formula is C16H19NO. The van der Waals surface area contributed by atoms with Crippen LogP contribution in [-0.4, -0.2) is 18.2 Å². The minimum atomic E-state index is 0.354. The van der Waals surface area contributed by atoms with Crippen molar-refractivity contribution in [3.05, 3.63) is 60.2 Å². The zero-order valence-corrected chi connectivity index (χ0v) is 10.7. The Morgan fingerprint density at radius 3 is 2.28 bits per heavy atom. The maximum atomic E-state index is 9.87. The van der Waals surface area contributed by atoms with E-state index < -0.39 is 0 Å². The predicted molar refractivity (Wildman–Crippen MR) is 76.1 cm³/mol. The van der Waals surface area contributed by atoms with Gasteiger partial charge in [-0.1, -0.05) is 42.5 Å². The molecule has 0 aliphatic heterocycles. The SMILES string of the molecule is CCN(CCc1ccccc1)c1ccccc1O. The highest BCUT2D eigenvalue weighted by atomic mass is 16.3. The molecule has 0 radical (unpaired) electrons. The van der Waals surface area contributed by atoms with Gasteiger partial charge in [0.05, 0.1) is 5.69 Å². The Labute approximate surface area is 109 Å². The van der Waals surface area contributed by atoms with Gasteiger partial charge in [-0.25, -0.2) is 0 Å². The normalized spacial score (nSPS) is 10.3. The Morgan fingerprint density at radius 1 is 0.944 bits per heavy atom. The Morgan fingerprint density at radius 2 is 1.61 bits per heavy atom. The minimum Gasteiger partial charge on any atom is -0.506 e. The molecule has 0 heterocycles. The fourth-order valence-electron chi connectivity index (χ4n) is 2.09. The molecule has 0 spiro atoms. The highest BCUT2D eigenvalue weighted by molar-refractivity contribution is 5.57. The Kier molecular flexibility index (Phi) is 4.24. The van der Waals surface area contributed by atoms with Gasteiger partial charge in [-0.15, -0.1) is 0 Å². The molecule has 2 aromatic rings. The van der Waals surface area contributed by atoms with Crippen LogP contribution in [0.4, 0.5) is 5.69 Å². The summed E-state index contributed by atoms with van der Waals surface area (Å²) in [5.74, 6) is 0.354. The summed E-state index contributed by atoms with van der Waals surface area (Å²) in [6.45, 7) is 3.92. The molecule has 2 nitrogen and oxygen atoms in total. The van der Waals surface area contributed by atoms with Crippen molar-refractivity contribution in [2.24, 2.45) is 0 Å². The van der Waals surface area contributed by atoms with Crippen molar-refractivity contribution >= 4 is 5.69 Å². The quantitative estimate of drug-likeness (QED) is 0.866. The molecule has 2 heteroatoms. The van der Waals surface area contributed by atoms with E-state index in [2.05, 4.69) is 36.1 Å². The summed E-state index contributed by atoms with van der Waals surface area (Å²) in [5, 5.41) is 9.87. The van der Waals surface area contributed by atoms with Gasteiger partial charge in [-0.2, -0.15) is 0 Å². The summed E-state index contributed by atoms with van der Waals surface area (Å²) in [6, 6.07) is 17.9. The fraction of sp³-hybridized carbons (Fsp3) is 0.250. The molecule has 2 aromatic carbocycles. The first-order chi connectivity index (χ1) is 8.81. The molecule has 0 fully saturated rings. The Balaban J connectivity index is 2.04. The molecule has 2 rings (SSSR count). The number of phenolic OH excluding ortho intramolecular Hbond substituents is 1. The number of nitrogens with zero attached hydrogens (tertiary/aromatic N) is 1. The van der Waals surface area contributed by atoms with Crippen LogP contribution in [0, 0.1) is 0 Å². The van der Waals surface area contributed by atoms with E-state index in [-0.39, 0.29) is 0 Å². The number of rotatable bonds is 5. The highest BCUT2D eigenvalue weighted by Gasteiger charge is 2.08. The maximum Gasteiger partial charge on any atom is 0.138 e. The lowest BCUT2D eigenvalue weighted by Gasteiger charge is -2.23. The first-order valence-corrected chi connectivity index (χ1v) is 6.38. The van der Waals surface area contributed by atoms with Gasteiger partial charge in [0.2, 0.25) is 0 Å². The van der Waals surface area contributed by atoms with Crippen molar-refractivity contribution in [1.29, 1.82) is 0 Å². The van der Waals surface area contributed by atoms with Gasteiger partial charge in [0, 0.05) is 13.1 Å². The van der Waals surface area contributed by atoms with Crippen LogP contribution in [0.1, 0.15) is 12.5 Å². The average Bonchev–Trinajstić information content (AvgIpc) is 2.42. The fourth-order valence-corrected chi connectivity index (χ4v) is 2.09. The predicted octanol–water partition coefficient (Wildman–Crippen LogP) is 3.46. The lowest BCUT2D eigenvalue weighted by molar-refractivity contribution is 0.474. The molecule has 0 unspecified atom stereocenters. The molecule has 0 bridgehead atoms. The van der Waals surface area contributed by atoms with Crippen LogP contribution in [0.2, 0.25) is 0 Å². The summed E-state index contributed by atoms with van der Waals surface area (Å²) in [6.07, 6.45) is 0.989. The van der Waals surface area contributed by atoms with Crippen molar-refractivity contribution in [2.45, 2.75) is 13.3 Å². The van der Waals surface area contributed by atoms with Gasteiger partial charge in [-0.05, 0) is 31.0 Å². The lowest BCUT2D eigenvalue weighted by atomic mass is 10.1. The summed E-state index contributed by atoms with van der Waals surface area (Å²) in [4.78, 5) is 2.20. The van der Waals surface area contributed by atoms with Crippen LogP contribution in [-0.2, 0) is 6.42 Å². The Bertz CT molecular complexity index is 481. The third-order valence-electron chi connectivity index (χ3n) is 3.12. The van der Waals surface area contributed by atoms with Crippen molar-refractivity contribution in [3.63, 3.8) is 0 Å². The summed E-state index contributed by atoms with van der Waals surface area (Å²) in [5.41, 5.74) is 2.24. The number of anilines is 1. The number of aromatic hydroxyl groups is 1. The van der Waals surface area contributed by atoms with E-state index in [1.807, 2.05) is 24.3 Å². The highest BCUT2D eigenvalue weighted by Crippen LogP contribution is 2.26. The number of phenols is 1. The summed E-state index contributed by atoms with van der Waals surface area (Å²) >= 11 is 0. The maximum absolute atomic E-state index is 9.87. The van der Waals surface area contributed by atoms with Crippen LogP contribution < -0.4 is 4.90 Å². The van der Waals surface area contributed by atoms with Crippen molar-refractivity contribution in [2.75, 3.05) is 18.0 Å².